The van der Waals surface area contributed by atoms with Gasteiger partial charge in [0.2, 0.25) is 59.3 Å². The smallest absolute Gasteiger partial charge is 0.251 e. The molecule has 11 bridgehead atoms. The number of phenols is 3. The van der Waals surface area contributed by atoms with E-state index in [1.165, 1.54) is 25.2 Å². The molecule has 7 aromatic rings. The van der Waals surface area contributed by atoms with Crippen LogP contribution in [0.15, 0.2) is 127 Å². The van der Waals surface area contributed by atoms with Crippen molar-refractivity contribution in [2.45, 2.75) is 149 Å². The van der Waals surface area contributed by atoms with Gasteiger partial charge in [-0.3, -0.25) is 43.2 Å². The molecule has 0 spiro atoms. The number of primary amides is 1. The van der Waals surface area contributed by atoms with E-state index in [1.807, 2.05) is 26.0 Å². The quantitative estimate of drug-likeness (QED) is 0.0384. The molecule has 14 rings (SSSR count). The summed E-state index contributed by atoms with van der Waals surface area (Å²) in [6, 6.07) is 13.9. The summed E-state index contributed by atoms with van der Waals surface area (Å²) in [5.74, 6) is -13.0. The molecule has 2 saturated heterocycles. The van der Waals surface area contributed by atoms with E-state index in [9.17, 15) is 69.9 Å². The fraction of sp³-hybridized carbons (Fsp3) is 0.369. The van der Waals surface area contributed by atoms with E-state index >= 15 is 19.2 Å². The molecule has 35 nitrogen and oxygen atoms in total. The third-order valence-corrected chi connectivity index (χ3v) is 22.0. The molecular weight excluding hydrogens is 1620 g/mol. The lowest BCUT2D eigenvalue weighted by atomic mass is 9.85. The van der Waals surface area contributed by atoms with Crippen LogP contribution < -0.4 is 73.5 Å². The number of aliphatic hydroxyl groups is 6. The minimum Gasteiger partial charge on any atom is -0.508 e. The molecule has 0 aromatic heterocycles. The minimum absolute atomic E-state index is 0.0185. The van der Waals surface area contributed by atoms with Crippen LogP contribution >= 0.6 is 23.2 Å². The number of hydrogen-bond donors (Lipinski definition) is 20. The van der Waals surface area contributed by atoms with Crippen LogP contribution in [0.5, 0.6) is 46.0 Å². The normalized spacial score (nSPS) is 25.7. The molecule has 17 unspecified atom stereocenters. The summed E-state index contributed by atoms with van der Waals surface area (Å²) in [4.78, 5) is 134. The van der Waals surface area contributed by atoms with Gasteiger partial charge in [-0.05, 0) is 157 Å². The summed E-state index contributed by atoms with van der Waals surface area (Å²) >= 11 is 14.3. The second-order valence-corrected chi connectivity index (χ2v) is 31.1. The first-order valence-electron chi connectivity index (χ1n) is 38.5. The van der Waals surface area contributed by atoms with E-state index in [4.69, 9.17) is 69.5 Å². The lowest BCUT2D eigenvalue weighted by Crippen LogP contribution is -2.65. The summed E-state index contributed by atoms with van der Waals surface area (Å²) in [7, 11) is 1.47. The molecule has 7 aromatic carbocycles. The van der Waals surface area contributed by atoms with Gasteiger partial charge in [-0.15, -0.1) is 6.42 Å². The molecule has 640 valence electrons. The van der Waals surface area contributed by atoms with E-state index in [0.29, 0.717) is 11.1 Å². The molecule has 9 amide bonds. The summed E-state index contributed by atoms with van der Waals surface area (Å²) in [5, 5.41) is 129. The Morgan fingerprint density at radius 1 is 0.686 bits per heavy atom. The summed E-state index contributed by atoms with van der Waals surface area (Å²) in [6.45, 7) is 3.55. The highest BCUT2D eigenvalue weighted by Gasteiger charge is 2.51. The molecule has 0 radical (unpaired) electrons. The predicted octanol–water partition coefficient (Wildman–Crippen LogP) is 2.26. The zero-order chi connectivity index (χ0) is 87.2. The Labute approximate surface area is 702 Å². The van der Waals surface area contributed by atoms with Crippen molar-refractivity contribution < 1.29 is 118 Å². The number of carbonyl (C=O) groups excluding carboxylic acids is 9. The van der Waals surface area contributed by atoms with Gasteiger partial charge in [-0.25, -0.2) is 0 Å². The average Bonchev–Trinajstić information content (AvgIpc) is 0.765. The third kappa shape index (κ3) is 19.8. The molecule has 7 heterocycles. The van der Waals surface area contributed by atoms with Gasteiger partial charge in [0, 0.05) is 48.0 Å². The number of nitrogens with two attached hydrogens (primary N) is 2. The first-order chi connectivity index (χ1) is 57.6. The van der Waals surface area contributed by atoms with Gasteiger partial charge in [-0.1, -0.05) is 85.4 Å². The number of amides is 9. The number of halogens is 2. The van der Waals surface area contributed by atoms with Gasteiger partial charge in [-0.2, -0.15) is 0 Å². The Morgan fingerprint density at radius 2 is 1.30 bits per heavy atom. The summed E-state index contributed by atoms with van der Waals surface area (Å²) in [5.41, 5.74) is 11.1. The highest BCUT2D eigenvalue weighted by molar-refractivity contribution is 6.32. The maximum atomic E-state index is 16.3. The molecule has 0 saturated carbocycles. The van der Waals surface area contributed by atoms with Crippen molar-refractivity contribution in [3.8, 4) is 80.6 Å². The van der Waals surface area contributed by atoms with Crippen LogP contribution in [0.1, 0.15) is 121 Å². The zero-order valence-electron chi connectivity index (χ0n) is 65.4. The monoisotopic (exact) mass is 1710 g/mol. The van der Waals surface area contributed by atoms with Crippen molar-refractivity contribution in [3.63, 3.8) is 0 Å². The van der Waals surface area contributed by atoms with Crippen LogP contribution in [0.2, 0.25) is 10.0 Å². The number of likely N-dealkylation sites (N-methyl/N-ethyl adjacent to an activating group) is 1. The average molecular weight is 1710 g/mol. The molecule has 37 heteroatoms. The van der Waals surface area contributed by atoms with Crippen molar-refractivity contribution >= 4 is 76.4 Å². The number of rotatable bonds is 20. The Kier molecular flexibility index (Phi) is 27.7. The number of benzene rings is 7. The molecule has 7 aliphatic rings. The van der Waals surface area contributed by atoms with Gasteiger partial charge in [0.1, 0.15) is 108 Å². The molecule has 17 atom stereocenters. The van der Waals surface area contributed by atoms with Crippen LogP contribution in [0.3, 0.4) is 0 Å². The third-order valence-electron chi connectivity index (χ3n) is 21.4. The van der Waals surface area contributed by atoms with Crippen molar-refractivity contribution in [3.05, 3.63) is 176 Å². The van der Waals surface area contributed by atoms with Crippen molar-refractivity contribution in [2.24, 2.45) is 17.4 Å². The Balaban J connectivity index is 0.986. The van der Waals surface area contributed by atoms with Crippen LogP contribution in [-0.4, -0.2) is 212 Å². The van der Waals surface area contributed by atoms with Crippen LogP contribution in [-0.2, 0) is 52.6 Å². The topological polar surface area (TPSA) is 551 Å². The lowest BCUT2D eigenvalue weighted by molar-refractivity contribution is -0.290. The van der Waals surface area contributed by atoms with Gasteiger partial charge in [0.15, 0.2) is 11.5 Å². The van der Waals surface area contributed by atoms with Crippen LogP contribution in [0.25, 0.3) is 22.3 Å². The van der Waals surface area contributed by atoms with E-state index in [0.717, 1.165) is 71.8 Å². The number of aromatic hydroxyl groups is 3. The van der Waals surface area contributed by atoms with Crippen LogP contribution in [0.4, 0.5) is 0 Å². The fourth-order valence-corrected chi connectivity index (χ4v) is 15.2. The number of aliphatic hydroxyl groups excluding tert-OH is 6. The maximum Gasteiger partial charge on any atom is 0.251 e. The number of carbonyl (C=O) groups is 9. The molecule has 7 aliphatic heterocycles. The second kappa shape index (κ2) is 37.9. The molecule has 0 aliphatic carbocycles. The Hall–Kier alpha value is -11.7. The second-order valence-electron chi connectivity index (χ2n) is 30.3. The standard InChI is InChI=1S/C84H91Cl2N11O24/c1-6-39-8-10-40(11-9-39)41-12-14-42(15-13-41)75(108)90-23-7-24-91-78(111)65-49-32-47(99)33-55(101)62(49)48-27-43(16-19-54(48)100)63-79(112)97-67(82(115)95-65)69(104)45-18-21-57(51(86)29-45)119-59-31-46-30-58(72(59)121-83-71(106)73(70(105)60(35-98)120-83)117-36-84(88)22-25-116-38(4)74(84)107)118-56-20-17-44(28-50(56)85)68(103)66(96-76(109)52(89-5)26-37(2)3)81(114)92-53(34-61(87)102)77(110)93-64(46)80(113)94-63/h1,8-21,27-33,37-38,52-53,60,63-71,73-74,83,89,98-101,103-107H,7,22-26,34-36,88H2,2-5H3,(H2,87,102)(H,90,108)(H,91,111)(H,92,114)(H,93,110)(H,94,113)(H,95,115)(H,96,109)(H,97,112). The highest BCUT2D eigenvalue weighted by Crippen LogP contribution is 2.50. The minimum atomic E-state index is -2.36. The Morgan fingerprint density at radius 3 is 1.92 bits per heavy atom. The van der Waals surface area contributed by atoms with E-state index in [1.54, 1.807) is 43.3 Å². The van der Waals surface area contributed by atoms with Gasteiger partial charge < -0.3 is 134 Å². The van der Waals surface area contributed by atoms with Gasteiger partial charge in [0.05, 0.1) is 47.4 Å². The summed E-state index contributed by atoms with van der Waals surface area (Å²) < 4.78 is 37.7. The van der Waals surface area contributed by atoms with Crippen molar-refractivity contribution in [1.29, 1.82) is 0 Å². The summed E-state index contributed by atoms with van der Waals surface area (Å²) in [6.07, 6.45) is -11.2. The fourth-order valence-electron chi connectivity index (χ4n) is 14.8. The first-order valence-corrected chi connectivity index (χ1v) is 39.3. The van der Waals surface area contributed by atoms with Crippen molar-refractivity contribution in [2.75, 3.05) is 40.0 Å². The zero-order valence-corrected chi connectivity index (χ0v) is 67.0. The number of terminal acetylenes is 1. The maximum absolute atomic E-state index is 16.3. The van der Waals surface area contributed by atoms with Gasteiger partial charge in [0.25, 0.3) is 5.91 Å². The SMILES string of the molecule is C#Cc1ccc(-c2ccc(C(=O)NCCCNC(=O)C3NC(=O)C4NC(=O)C(NC(=O)C5NC(=O)C(CC(N)=O)NC(=O)C(NC(=O)C(CC(C)C)NC)C(O)c6ccc(c(Cl)c6)Oc6cc5cc(c6OC5OC(CO)C(O)C(OCC6(N)CCOC(C)C6O)C5O)Oc5ccc(cc5Cl)C4O)c4ccc(O)c(c4)-c4c(O)cc(O)cc43)cc2)cc1. The number of nitrogens with one attached hydrogen (secondary N) is 9. The van der Waals surface area contributed by atoms with Crippen LogP contribution in [0, 0.1) is 18.3 Å². The lowest BCUT2D eigenvalue weighted by Gasteiger charge is -2.45. The van der Waals surface area contributed by atoms with Crippen molar-refractivity contribution in [1.82, 2.24) is 47.9 Å². The number of phenolic OH excluding ortho intramolecular Hbond substituents is 3. The first kappa shape index (κ1) is 88.6. The highest BCUT2D eigenvalue weighted by atomic mass is 35.5. The molecule has 22 N–H and O–H groups in total. The molecule has 2 fully saturated rings. The predicted molar refractivity (Wildman–Crippen MR) is 432 cm³/mol. The van der Waals surface area contributed by atoms with E-state index in [2.05, 4.69) is 53.8 Å². The van der Waals surface area contributed by atoms with Gasteiger partial charge >= 0.3 is 0 Å². The molecular formula is C84H91Cl2N11O24. The van der Waals surface area contributed by atoms with E-state index < -0.39 is 243 Å². The number of hydrogen-bond acceptors (Lipinski definition) is 26. The molecule has 121 heavy (non-hydrogen) atoms. The number of ether oxygens (including phenoxy) is 6. The largest absolute Gasteiger partial charge is 0.508 e. The number of fused-ring (bicyclic) bond motifs is 15. The van der Waals surface area contributed by atoms with E-state index in [-0.39, 0.29) is 72.3 Å². The Bertz CT molecular complexity index is 5160.